The summed E-state index contributed by atoms with van der Waals surface area (Å²) < 4.78 is 6.57. The van der Waals surface area contributed by atoms with E-state index >= 15 is 0 Å². The zero-order valence-electron chi connectivity index (χ0n) is 17.5. The lowest BCUT2D eigenvalue weighted by Crippen LogP contribution is -2.42. The number of carbonyl (C=O) groups excluding carboxylic acids is 1. The van der Waals surface area contributed by atoms with Gasteiger partial charge >= 0.3 is 0 Å². The fourth-order valence-electron chi connectivity index (χ4n) is 4.13. The van der Waals surface area contributed by atoms with Gasteiger partial charge in [-0.05, 0) is 70.8 Å². The van der Waals surface area contributed by atoms with Crippen LogP contribution in [-0.2, 0) is 9.22 Å². The van der Waals surface area contributed by atoms with E-state index < -0.39 is 8.32 Å². The van der Waals surface area contributed by atoms with E-state index in [1.807, 2.05) is 13.8 Å². The van der Waals surface area contributed by atoms with Crippen LogP contribution >= 0.6 is 0 Å². The van der Waals surface area contributed by atoms with Crippen LogP contribution in [-0.4, -0.2) is 14.1 Å². The Morgan fingerprint density at radius 2 is 1.73 bits per heavy atom. The SMILES string of the molecule is C=C(C)[C@@H]1C=CC(C)=C(O[Si](C)(C)C)[C@H]1[C@@H]1C(=O)C(C)=CC[C@H]1C(=C)C. The van der Waals surface area contributed by atoms with E-state index in [-0.39, 0.29) is 29.5 Å². The molecule has 0 N–H and O–H groups in total. The molecular weight excluding hydrogens is 336 g/mol. The average molecular weight is 371 g/mol. The van der Waals surface area contributed by atoms with Crippen LogP contribution in [0.2, 0.25) is 19.6 Å². The highest BCUT2D eigenvalue weighted by Gasteiger charge is 2.45. The Morgan fingerprint density at radius 1 is 1.12 bits per heavy atom. The largest absolute Gasteiger partial charge is 0.547 e. The van der Waals surface area contributed by atoms with E-state index in [0.717, 1.165) is 34.5 Å². The number of Topliss-reactive ketones (excluding diaryl/α,β-unsaturated/α-hetero) is 1. The highest BCUT2D eigenvalue weighted by atomic mass is 28.4. The van der Waals surface area contributed by atoms with Crippen molar-refractivity contribution in [2.24, 2.45) is 23.7 Å². The molecule has 0 spiro atoms. The third-order valence-corrected chi connectivity index (χ3v) is 6.27. The molecule has 0 aliphatic heterocycles. The first kappa shape index (κ1) is 20.7. The van der Waals surface area contributed by atoms with Crippen LogP contribution in [0.5, 0.6) is 0 Å². The zero-order valence-corrected chi connectivity index (χ0v) is 18.5. The minimum atomic E-state index is -1.81. The van der Waals surface area contributed by atoms with Crippen LogP contribution < -0.4 is 0 Å². The van der Waals surface area contributed by atoms with E-state index in [2.05, 4.69) is 64.9 Å². The summed E-state index contributed by atoms with van der Waals surface area (Å²) in [5.74, 6) is 1.37. The topological polar surface area (TPSA) is 26.3 Å². The van der Waals surface area contributed by atoms with Crippen molar-refractivity contribution in [2.45, 2.75) is 53.8 Å². The fraction of sp³-hybridized carbons (Fsp3) is 0.522. The molecule has 142 valence electrons. The van der Waals surface area contributed by atoms with Crippen molar-refractivity contribution in [2.75, 3.05) is 0 Å². The Labute approximate surface area is 160 Å². The number of hydrogen-bond acceptors (Lipinski definition) is 2. The summed E-state index contributed by atoms with van der Waals surface area (Å²) in [5, 5.41) is 0. The molecule has 2 rings (SSSR count). The van der Waals surface area contributed by atoms with Crippen molar-refractivity contribution < 1.29 is 9.22 Å². The molecule has 0 saturated carbocycles. The molecule has 0 bridgehead atoms. The molecule has 2 aliphatic carbocycles. The van der Waals surface area contributed by atoms with E-state index in [1.54, 1.807) is 0 Å². The highest BCUT2D eigenvalue weighted by molar-refractivity contribution is 6.70. The van der Waals surface area contributed by atoms with Gasteiger partial charge in [-0.3, -0.25) is 4.79 Å². The Hall–Kier alpha value is -1.61. The highest BCUT2D eigenvalue weighted by Crippen LogP contribution is 2.47. The first-order valence-corrected chi connectivity index (χ1v) is 12.9. The molecule has 4 atom stereocenters. The van der Waals surface area contributed by atoms with Gasteiger partial charge in [0.15, 0.2) is 5.78 Å². The minimum Gasteiger partial charge on any atom is -0.547 e. The minimum absolute atomic E-state index is 0.00192. The van der Waals surface area contributed by atoms with Crippen molar-refractivity contribution in [3.05, 3.63) is 59.4 Å². The smallest absolute Gasteiger partial charge is 0.241 e. The molecule has 3 heteroatoms. The predicted octanol–water partition coefficient (Wildman–Crippen LogP) is 6.22. The second kappa shape index (κ2) is 7.56. The van der Waals surface area contributed by atoms with Gasteiger partial charge < -0.3 is 4.43 Å². The Balaban J connectivity index is 2.62. The number of hydrogen-bond donors (Lipinski definition) is 0. The molecule has 0 amide bonds. The zero-order chi connectivity index (χ0) is 19.8. The lowest BCUT2D eigenvalue weighted by Gasteiger charge is -2.43. The first-order valence-electron chi connectivity index (χ1n) is 9.53. The van der Waals surface area contributed by atoms with Crippen molar-refractivity contribution in [3.63, 3.8) is 0 Å². The average Bonchev–Trinajstić information content (AvgIpc) is 2.50. The van der Waals surface area contributed by atoms with Gasteiger partial charge in [0.25, 0.3) is 0 Å². The molecular formula is C23H34O2Si. The van der Waals surface area contributed by atoms with Crippen LogP contribution in [0.25, 0.3) is 0 Å². The van der Waals surface area contributed by atoms with Crippen molar-refractivity contribution in [1.29, 1.82) is 0 Å². The third kappa shape index (κ3) is 4.20. The van der Waals surface area contributed by atoms with Gasteiger partial charge in [0.1, 0.15) is 0 Å². The van der Waals surface area contributed by atoms with Gasteiger partial charge in [-0.2, -0.15) is 0 Å². The van der Waals surface area contributed by atoms with E-state index in [4.69, 9.17) is 4.43 Å². The van der Waals surface area contributed by atoms with E-state index in [9.17, 15) is 4.79 Å². The molecule has 0 aromatic heterocycles. The molecule has 0 aromatic rings. The summed E-state index contributed by atoms with van der Waals surface area (Å²) in [6.45, 7) is 23.2. The summed E-state index contributed by atoms with van der Waals surface area (Å²) in [5.41, 5.74) is 4.16. The molecule has 0 heterocycles. The molecule has 26 heavy (non-hydrogen) atoms. The quantitative estimate of drug-likeness (QED) is 0.424. The molecule has 2 aliphatic rings. The van der Waals surface area contributed by atoms with Gasteiger partial charge in [-0.25, -0.2) is 0 Å². The summed E-state index contributed by atoms with van der Waals surface area (Å²) >= 11 is 0. The number of ketones is 1. The van der Waals surface area contributed by atoms with Crippen molar-refractivity contribution in [3.8, 4) is 0 Å². The normalized spacial score (nSPS) is 29.5. The standard InChI is InChI=1S/C23H34O2Si/c1-14(2)18-12-10-16(5)22(24)20(18)21-19(15(3)4)13-11-17(6)23(21)25-26(7,8)9/h10-11,13,18-21H,1,3,12H2,2,4-9H3/t18-,19-,20+,21+/m0/s1. The Bertz CT molecular complexity index is 715. The van der Waals surface area contributed by atoms with Crippen LogP contribution in [0.3, 0.4) is 0 Å². The Morgan fingerprint density at radius 3 is 2.23 bits per heavy atom. The summed E-state index contributed by atoms with van der Waals surface area (Å²) in [6, 6.07) is 0. The molecule has 0 fully saturated rings. The second-order valence-electron chi connectivity index (χ2n) is 8.98. The maximum absolute atomic E-state index is 13.3. The van der Waals surface area contributed by atoms with Gasteiger partial charge in [-0.1, -0.05) is 42.5 Å². The van der Waals surface area contributed by atoms with Gasteiger partial charge in [0.05, 0.1) is 5.76 Å². The summed E-state index contributed by atoms with van der Waals surface area (Å²) in [7, 11) is -1.81. The third-order valence-electron chi connectivity index (χ3n) is 5.44. The molecule has 0 unspecified atom stereocenters. The molecule has 0 radical (unpaired) electrons. The molecule has 0 saturated heterocycles. The number of carbonyl (C=O) groups is 1. The molecule has 2 nitrogen and oxygen atoms in total. The van der Waals surface area contributed by atoms with Crippen LogP contribution in [0.15, 0.2) is 59.4 Å². The van der Waals surface area contributed by atoms with Crippen LogP contribution in [0, 0.1) is 23.7 Å². The van der Waals surface area contributed by atoms with Gasteiger partial charge in [0, 0.05) is 17.8 Å². The van der Waals surface area contributed by atoms with E-state index in [1.165, 1.54) is 0 Å². The van der Waals surface area contributed by atoms with Crippen LogP contribution in [0.4, 0.5) is 0 Å². The van der Waals surface area contributed by atoms with Crippen molar-refractivity contribution >= 4 is 14.1 Å². The Kier molecular flexibility index (Phi) is 6.01. The van der Waals surface area contributed by atoms with Gasteiger partial charge in [0.2, 0.25) is 8.32 Å². The maximum atomic E-state index is 13.3. The first-order chi connectivity index (χ1) is 11.9. The number of allylic oxidation sites excluding steroid dienone is 8. The maximum Gasteiger partial charge on any atom is 0.241 e. The van der Waals surface area contributed by atoms with Crippen molar-refractivity contribution in [1.82, 2.24) is 0 Å². The summed E-state index contributed by atoms with van der Waals surface area (Å²) in [4.78, 5) is 13.3. The number of rotatable bonds is 5. The summed E-state index contributed by atoms with van der Waals surface area (Å²) in [6.07, 6.45) is 7.29. The van der Waals surface area contributed by atoms with Crippen LogP contribution in [0.1, 0.15) is 34.1 Å². The van der Waals surface area contributed by atoms with Gasteiger partial charge in [-0.15, -0.1) is 0 Å². The fourth-order valence-corrected chi connectivity index (χ4v) is 5.09. The second-order valence-corrected chi connectivity index (χ2v) is 13.4. The lowest BCUT2D eigenvalue weighted by atomic mass is 9.63. The van der Waals surface area contributed by atoms with E-state index in [0.29, 0.717) is 0 Å². The predicted molar refractivity (Wildman–Crippen MR) is 113 cm³/mol. The lowest BCUT2D eigenvalue weighted by molar-refractivity contribution is -0.123. The molecule has 0 aromatic carbocycles. The monoisotopic (exact) mass is 370 g/mol.